The van der Waals surface area contributed by atoms with Crippen LogP contribution in [0.5, 0.6) is 0 Å². The van der Waals surface area contributed by atoms with Crippen LogP contribution in [0.2, 0.25) is 0 Å². The van der Waals surface area contributed by atoms with Crippen molar-refractivity contribution in [1.82, 2.24) is 14.5 Å². The number of aryl methyl sites for hydroxylation is 3. The molecule has 1 aliphatic rings. The lowest BCUT2D eigenvalue weighted by molar-refractivity contribution is 0.752. The number of para-hydroxylation sites is 1. The molecule has 3 heterocycles. The van der Waals surface area contributed by atoms with E-state index in [0.717, 1.165) is 59.1 Å². The van der Waals surface area contributed by atoms with Gasteiger partial charge in [0.2, 0.25) is 0 Å². The Balaban J connectivity index is 1.74. The van der Waals surface area contributed by atoms with Crippen molar-refractivity contribution >= 4 is 23.3 Å². The van der Waals surface area contributed by atoms with Crippen LogP contribution in [0.1, 0.15) is 53.4 Å². The molecular formula is C30H37N5OS. The summed E-state index contributed by atoms with van der Waals surface area (Å²) in [6, 6.07) is 16.9. The summed E-state index contributed by atoms with van der Waals surface area (Å²) in [6.07, 6.45) is 6.97. The molecule has 0 aliphatic carbocycles. The highest BCUT2D eigenvalue weighted by Gasteiger charge is 2.26. The maximum atomic E-state index is 13.3. The lowest BCUT2D eigenvalue weighted by atomic mass is 10.0. The molecule has 1 saturated heterocycles. The van der Waals surface area contributed by atoms with Gasteiger partial charge in [-0.25, -0.2) is 9.97 Å². The normalized spacial score (nSPS) is 15.8. The maximum Gasteiger partial charge on any atom is 0.254 e. The second kappa shape index (κ2) is 11.8. The fourth-order valence-electron chi connectivity index (χ4n) is 4.93. The van der Waals surface area contributed by atoms with Crippen molar-refractivity contribution in [2.75, 3.05) is 29.6 Å². The van der Waals surface area contributed by atoms with Crippen molar-refractivity contribution in [3.05, 3.63) is 99.4 Å². The van der Waals surface area contributed by atoms with Gasteiger partial charge in [-0.2, -0.15) is 0 Å². The molecule has 0 saturated carbocycles. The van der Waals surface area contributed by atoms with Gasteiger partial charge in [-0.1, -0.05) is 35.9 Å². The number of rotatable bonds is 6. The summed E-state index contributed by atoms with van der Waals surface area (Å²) >= 11 is 1.74. The van der Waals surface area contributed by atoms with E-state index in [1.165, 1.54) is 4.90 Å². The van der Waals surface area contributed by atoms with Crippen LogP contribution in [0.4, 0.5) is 11.5 Å². The highest BCUT2D eigenvalue weighted by molar-refractivity contribution is 7.98. The fraction of sp³-hybridized carbons (Fsp3) is 0.367. The van der Waals surface area contributed by atoms with Crippen LogP contribution in [0.25, 0.3) is 0 Å². The summed E-state index contributed by atoms with van der Waals surface area (Å²) in [5.41, 5.74) is 5.21. The van der Waals surface area contributed by atoms with E-state index in [2.05, 4.69) is 75.8 Å². The van der Waals surface area contributed by atoms with Crippen molar-refractivity contribution < 1.29 is 0 Å². The van der Waals surface area contributed by atoms with Crippen LogP contribution in [-0.2, 0) is 7.05 Å². The molecule has 6 nitrogen and oxygen atoms in total. The van der Waals surface area contributed by atoms with Crippen LogP contribution in [0, 0.1) is 20.8 Å². The molecule has 1 unspecified atom stereocenters. The van der Waals surface area contributed by atoms with Crippen LogP contribution >= 0.6 is 11.8 Å². The van der Waals surface area contributed by atoms with Gasteiger partial charge in [0, 0.05) is 60.6 Å². The van der Waals surface area contributed by atoms with Gasteiger partial charge < -0.3 is 10.2 Å². The number of hydrogen-bond donors (Lipinski definition) is 1. The molecule has 2 aromatic heterocycles. The fourth-order valence-corrected chi connectivity index (χ4v) is 5.49. The molecule has 1 aromatic carbocycles. The van der Waals surface area contributed by atoms with E-state index in [4.69, 9.17) is 0 Å². The summed E-state index contributed by atoms with van der Waals surface area (Å²) in [5.74, 6) is 2.03. The molecule has 1 fully saturated rings. The van der Waals surface area contributed by atoms with Gasteiger partial charge in [0.1, 0.15) is 11.6 Å². The van der Waals surface area contributed by atoms with Crippen molar-refractivity contribution in [3.8, 4) is 0 Å². The van der Waals surface area contributed by atoms with Gasteiger partial charge in [0.15, 0.2) is 0 Å². The van der Waals surface area contributed by atoms with Crippen LogP contribution in [0.3, 0.4) is 0 Å². The number of aromatic nitrogens is 3. The lowest BCUT2D eigenvalue weighted by Crippen LogP contribution is -2.28. The summed E-state index contributed by atoms with van der Waals surface area (Å²) in [7, 11) is 1.87. The van der Waals surface area contributed by atoms with Gasteiger partial charge in [-0.3, -0.25) is 9.36 Å². The van der Waals surface area contributed by atoms with Gasteiger partial charge in [-0.05, 0) is 69.7 Å². The van der Waals surface area contributed by atoms with Crippen molar-refractivity contribution in [3.63, 3.8) is 0 Å². The Bertz CT molecular complexity index is 1370. The van der Waals surface area contributed by atoms with Crippen molar-refractivity contribution in [2.24, 2.45) is 7.05 Å². The molecule has 1 N–H and O–H groups in total. The summed E-state index contributed by atoms with van der Waals surface area (Å²) in [4.78, 5) is 25.6. The Morgan fingerprint density at radius 2 is 1.78 bits per heavy atom. The summed E-state index contributed by atoms with van der Waals surface area (Å²) in [6.45, 7) is 9.73. The van der Waals surface area contributed by atoms with E-state index in [1.807, 2.05) is 46.3 Å². The van der Waals surface area contributed by atoms with Crippen molar-refractivity contribution in [2.45, 2.75) is 51.0 Å². The Morgan fingerprint density at radius 3 is 2.51 bits per heavy atom. The first kappa shape index (κ1) is 26.7. The molecule has 1 aliphatic heterocycles. The monoisotopic (exact) mass is 515 g/mol. The Labute approximate surface area is 224 Å². The first-order valence-electron chi connectivity index (χ1n) is 12.8. The molecule has 3 aromatic rings. The number of nitrogens with zero attached hydrogens (tertiary/aromatic N) is 4. The Hall–Kier alpha value is -3.32. The molecule has 0 radical (unpaired) electrons. The minimum atomic E-state index is 0.0121. The van der Waals surface area contributed by atoms with E-state index in [1.54, 1.807) is 16.3 Å². The maximum absolute atomic E-state index is 13.3. The standard InChI is InChI=1S/C30H37N5OS/c1-20-15-21(2)30(36)34(5)29(35-14-13-25(19-35)26-17-31-23(4)32-18-26)12-11-24(16-20)22(3)33-27-9-7-8-10-28(27)37-6/h7-12,15-18,22,25,33H,13-14,19H2,1-6H3/t22-,25?/m1/s1. The highest BCUT2D eigenvalue weighted by atomic mass is 32.2. The lowest BCUT2D eigenvalue weighted by Gasteiger charge is -2.21. The topological polar surface area (TPSA) is 63.0 Å². The molecule has 0 spiro atoms. The molecule has 194 valence electrons. The highest BCUT2D eigenvalue weighted by Crippen LogP contribution is 2.31. The molecule has 2 atom stereocenters. The SMILES string of the molecule is CSc1ccccc1N[C@H](C)c1ccc(N2CCC(c3cnc(C)nc3)C2)n(C)c(=O)c(C)cc(C)c1. The third-order valence-electron chi connectivity index (χ3n) is 7.01. The first-order chi connectivity index (χ1) is 17.8. The van der Waals surface area contributed by atoms with E-state index in [-0.39, 0.29) is 11.6 Å². The van der Waals surface area contributed by atoms with Gasteiger partial charge >= 0.3 is 0 Å². The average Bonchev–Trinajstić information content (AvgIpc) is 3.37. The molecule has 37 heavy (non-hydrogen) atoms. The van der Waals surface area contributed by atoms with E-state index in [9.17, 15) is 4.79 Å². The predicted molar refractivity (Wildman–Crippen MR) is 155 cm³/mol. The molecule has 0 amide bonds. The van der Waals surface area contributed by atoms with Gasteiger partial charge in [0.25, 0.3) is 5.56 Å². The Kier molecular flexibility index (Phi) is 8.54. The minimum Gasteiger partial charge on any atom is -0.378 e. The number of thioether (sulfide) groups is 1. The van der Waals surface area contributed by atoms with Crippen LogP contribution < -0.4 is 15.8 Å². The largest absolute Gasteiger partial charge is 0.378 e. The minimum absolute atomic E-state index is 0.0121. The summed E-state index contributed by atoms with van der Waals surface area (Å²) in [5, 5.41) is 3.69. The number of benzene rings is 1. The van der Waals surface area contributed by atoms with Gasteiger partial charge in [0.05, 0.1) is 0 Å². The molecule has 0 bridgehead atoms. The Morgan fingerprint density at radius 1 is 1.05 bits per heavy atom. The third-order valence-corrected chi connectivity index (χ3v) is 7.81. The molecule has 4 rings (SSSR count). The number of hydrogen-bond acceptors (Lipinski definition) is 6. The average molecular weight is 516 g/mol. The molecular weight excluding hydrogens is 478 g/mol. The predicted octanol–water partition coefficient (Wildman–Crippen LogP) is 6.11. The number of nitrogens with one attached hydrogen (secondary N) is 1. The first-order valence-corrected chi connectivity index (χ1v) is 14.0. The van der Waals surface area contributed by atoms with Crippen LogP contribution in [-0.4, -0.2) is 33.9 Å². The quantitative estimate of drug-likeness (QED) is 0.400. The van der Waals surface area contributed by atoms with Crippen molar-refractivity contribution in [1.29, 1.82) is 0 Å². The molecule has 7 heteroatoms. The summed E-state index contributed by atoms with van der Waals surface area (Å²) < 4.78 is 1.79. The zero-order chi connectivity index (χ0) is 26.5. The number of anilines is 2. The zero-order valence-electron chi connectivity index (χ0n) is 22.7. The van der Waals surface area contributed by atoms with E-state index >= 15 is 0 Å². The van der Waals surface area contributed by atoms with Crippen LogP contribution in [0.15, 0.2) is 70.6 Å². The second-order valence-electron chi connectivity index (χ2n) is 9.83. The van der Waals surface area contributed by atoms with E-state index < -0.39 is 0 Å². The smallest absolute Gasteiger partial charge is 0.254 e. The van der Waals surface area contributed by atoms with Gasteiger partial charge in [-0.15, -0.1) is 11.8 Å². The third kappa shape index (κ3) is 6.34. The van der Waals surface area contributed by atoms with E-state index in [0.29, 0.717) is 5.92 Å². The second-order valence-corrected chi connectivity index (χ2v) is 10.7. The zero-order valence-corrected chi connectivity index (χ0v) is 23.5.